The molecular weight excluding hydrogens is 382 g/mol. The fourth-order valence-electron chi connectivity index (χ4n) is 2.44. The fourth-order valence-corrected chi connectivity index (χ4v) is 4.51. The molecule has 2 aromatic rings. The molecule has 0 radical (unpaired) electrons. The number of benzene rings is 2. The van der Waals surface area contributed by atoms with Crippen LogP contribution in [0.15, 0.2) is 47.4 Å². The van der Waals surface area contributed by atoms with Gasteiger partial charge >= 0.3 is 10.1 Å². The Bertz CT molecular complexity index is 961. The molecule has 0 aliphatic heterocycles. The van der Waals surface area contributed by atoms with Gasteiger partial charge in [-0.25, -0.2) is 0 Å². The number of methoxy groups -OCH3 is 1. The van der Waals surface area contributed by atoms with Gasteiger partial charge in [0.05, 0.1) is 13.2 Å². The summed E-state index contributed by atoms with van der Waals surface area (Å²) in [6.07, 6.45) is -0.757. The van der Waals surface area contributed by atoms with Crippen LogP contribution in [0.4, 0.5) is 0 Å². The van der Waals surface area contributed by atoms with E-state index in [1.807, 2.05) is 19.6 Å². The highest BCUT2D eigenvalue weighted by molar-refractivity contribution is 7.87. The predicted octanol–water partition coefficient (Wildman–Crippen LogP) is 4.19. The number of ether oxygens (including phenoxy) is 1. The quantitative estimate of drug-likeness (QED) is 0.507. The molecule has 0 bridgehead atoms. The number of hydrogen-bond donors (Lipinski definition) is 0. The van der Waals surface area contributed by atoms with Crippen molar-refractivity contribution < 1.29 is 21.8 Å². The van der Waals surface area contributed by atoms with Gasteiger partial charge in [-0.05, 0) is 55.9 Å². The van der Waals surface area contributed by atoms with Crippen LogP contribution < -0.4 is 8.92 Å². The molecule has 0 aliphatic rings. The van der Waals surface area contributed by atoms with Crippen LogP contribution in [0.1, 0.15) is 17.2 Å². The molecule has 0 aliphatic carbocycles. The highest BCUT2D eigenvalue weighted by atomic mass is 32.2. The van der Waals surface area contributed by atoms with Gasteiger partial charge in [-0.3, -0.25) is 0 Å². The lowest BCUT2D eigenvalue weighted by molar-refractivity contribution is 0.254. The van der Waals surface area contributed by atoms with Gasteiger partial charge in [-0.1, -0.05) is 24.3 Å². The summed E-state index contributed by atoms with van der Waals surface area (Å²) in [5.74, 6) is 0.262. The van der Waals surface area contributed by atoms with Crippen LogP contribution in [0, 0.1) is 18.3 Å². The van der Waals surface area contributed by atoms with Crippen LogP contribution in [-0.4, -0.2) is 23.8 Å². The molecule has 1 atom stereocenters. The SMILES string of the molecule is COc1cc(C(C#N)O[Si](C)(C)C)ccc1OS(=O)(=O)c1ccccc1C. The van der Waals surface area contributed by atoms with Crippen LogP contribution in [0.25, 0.3) is 0 Å². The first-order valence-corrected chi connectivity index (χ1v) is 13.1. The molecule has 0 N–H and O–H groups in total. The third-order valence-corrected chi connectivity index (χ3v) is 5.98. The van der Waals surface area contributed by atoms with E-state index in [0.717, 1.165) is 0 Å². The van der Waals surface area contributed by atoms with Gasteiger partial charge in [0.15, 0.2) is 25.9 Å². The van der Waals surface area contributed by atoms with Crippen molar-refractivity contribution in [1.29, 1.82) is 5.26 Å². The van der Waals surface area contributed by atoms with Crippen molar-refractivity contribution in [1.82, 2.24) is 0 Å². The van der Waals surface area contributed by atoms with Crippen LogP contribution in [0.2, 0.25) is 19.6 Å². The molecule has 144 valence electrons. The van der Waals surface area contributed by atoms with Crippen molar-refractivity contribution in [3.05, 3.63) is 53.6 Å². The van der Waals surface area contributed by atoms with Crippen molar-refractivity contribution >= 4 is 18.4 Å². The minimum absolute atomic E-state index is 0.0502. The van der Waals surface area contributed by atoms with Crippen LogP contribution >= 0.6 is 0 Å². The molecule has 1 unspecified atom stereocenters. The summed E-state index contributed by atoms with van der Waals surface area (Å²) in [7, 11) is -4.55. The Morgan fingerprint density at radius 1 is 1.07 bits per heavy atom. The largest absolute Gasteiger partial charge is 0.493 e. The van der Waals surface area contributed by atoms with E-state index >= 15 is 0 Å². The lowest BCUT2D eigenvalue weighted by Gasteiger charge is -2.22. The second kappa shape index (κ2) is 8.13. The minimum Gasteiger partial charge on any atom is -0.493 e. The van der Waals surface area contributed by atoms with E-state index in [1.54, 1.807) is 37.3 Å². The normalized spacial score (nSPS) is 12.9. The first kappa shape index (κ1) is 21.0. The van der Waals surface area contributed by atoms with Gasteiger partial charge in [0.1, 0.15) is 4.90 Å². The second-order valence-corrected chi connectivity index (χ2v) is 12.9. The molecule has 0 amide bonds. The van der Waals surface area contributed by atoms with E-state index in [2.05, 4.69) is 6.07 Å². The van der Waals surface area contributed by atoms with Gasteiger partial charge < -0.3 is 13.3 Å². The maximum Gasteiger partial charge on any atom is 0.339 e. The Labute approximate surface area is 161 Å². The first-order valence-electron chi connectivity index (χ1n) is 8.33. The third kappa shape index (κ3) is 5.32. The van der Waals surface area contributed by atoms with Crippen molar-refractivity contribution in [2.75, 3.05) is 7.11 Å². The van der Waals surface area contributed by atoms with Crippen molar-refractivity contribution in [2.45, 2.75) is 37.6 Å². The number of rotatable bonds is 7. The molecule has 2 aromatic carbocycles. The van der Waals surface area contributed by atoms with E-state index in [0.29, 0.717) is 11.1 Å². The second-order valence-electron chi connectivity index (χ2n) is 6.95. The average molecular weight is 406 g/mol. The highest BCUT2D eigenvalue weighted by Gasteiger charge is 2.25. The molecule has 0 saturated carbocycles. The van der Waals surface area contributed by atoms with Gasteiger partial charge in [-0.2, -0.15) is 13.7 Å². The van der Waals surface area contributed by atoms with Crippen LogP contribution in [-0.2, 0) is 14.5 Å². The standard InChI is InChI=1S/C19H23NO5SSi/c1-14-8-6-7-9-19(14)26(21,22)24-16-11-10-15(12-17(16)23-2)18(13-20)25-27(3,4)5/h6-12,18H,1-5H3. The van der Waals surface area contributed by atoms with Gasteiger partial charge in [0, 0.05) is 0 Å². The highest BCUT2D eigenvalue weighted by Crippen LogP contribution is 2.34. The van der Waals surface area contributed by atoms with E-state index in [4.69, 9.17) is 13.3 Å². The van der Waals surface area contributed by atoms with Crippen LogP contribution in [0.3, 0.4) is 0 Å². The number of aryl methyl sites for hydroxylation is 1. The van der Waals surface area contributed by atoms with Crippen molar-refractivity contribution in [3.63, 3.8) is 0 Å². The summed E-state index contributed by atoms with van der Waals surface area (Å²) in [5.41, 5.74) is 1.17. The Hall–Kier alpha value is -2.34. The predicted molar refractivity (Wildman–Crippen MR) is 105 cm³/mol. The molecule has 0 aromatic heterocycles. The zero-order valence-corrected chi connectivity index (χ0v) is 17.8. The minimum atomic E-state index is -4.01. The molecule has 27 heavy (non-hydrogen) atoms. The topological polar surface area (TPSA) is 85.6 Å². The first-order chi connectivity index (χ1) is 12.6. The summed E-state index contributed by atoms with van der Waals surface area (Å²) < 4.78 is 41.6. The number of hydrogen-bond acceptors (Lipinski definition) is 6. The zero-order valence-electron chi connectivity index (χ0n) is 16.0. The van der Waals surface area contributed by atoms with Crippen LogP contribution in [0.5, 0.6) is 11.5 Å². The van der Waals surface area contributed by atoms with E-state index in [1.165, 1.54) is 19.2 Å². The Morgan fingerprint density at radius 3 is 2.30 bits per heavy atom. The molecule has 0 spiro atoms. The summed E-state index contributed by atoms with van der Waals surface area (Å²) >= 11 is 0. The molecule has 2 rings (SSSR count). The third-order valence-electron chi connectivity index (χ3n) is 3.64. The van der Waals surface area contributed by atoms with E-state index in [-0.39, 0.29) is 16.4 Å². The lowest BCUT2D eigenvalue weighted by Crippen LogP contribution is -2.27. The summed E-state index contributed by atoms with van der Waals surface area (Å²) in [6, 6.07) is 13.3. The Morgan fingerprint density at radius 2 is 1.74 bits per heavy atom. The van der Waals surface area contributed by atoms with Crippen molar-refractivity contribution in [2.24, 2.45) is 0 Å². The monoisotopic (exact) mass is 405 g/mol. The lowest BCUT2D eigenvalue weighted by atomic mass is 10.1. The molecule has 6 nitrogen and oxygen atoms in total. The molecular formula is C19H23NO5SSi. The fraction of sp³-hybridized carbons (Fsp3) is 0.316. The Kier molecular flexibility index (Phi) is 6.31. The van der Waals surface area contributed by atoms with E-state index < -0.39 is 24.5 Å². The summed E-state index contributed by atoms with van der Waals surface area (Å²) in [6.45, 7) is 7.66. The summed E-state index contributed by atoms with van der Waals surface area (Å²) in [5, 5.41) is 9.42. The van der Waals surface area contributed by atoms with Crippen molar-refractivity contribution in [3.8, 4) is 17.6 Å². The smallest absolute Gasteiger partial charge is 0.339 e. The van der Waals surface area contributed by atoms with Gasteiger partial charge in [0.25, 0.3) is 0 Å². The molecule has 0 heterocycles. The summed E-state index contributed by atoms with van der Waals surface area (Å²) in [4.78, 5) is 0.0908. The number of nitrogens with zero attached hydrogens (tertiary/aromatic N) is 1. The molecule has 8 heteroatoms. The van der Waals surface area contributed by atoms with E-state index in [9.17, 15) is 13.7 Å². The number of nitriles is 1. The molecule has 0 fully saturated rings. The Balaban J connectivity index is 2.37. The average Bonchev–Trinajstić information content (AvgIpc) is 2.59. The maximum absolute atomic E-state index is 12.6. The van der Waals surface area contributed by atoms with Gasteiger partial charge in [0.2, 0.25) is 0 Å². The van der Waals surface area contributed by atoms with Gasteiger partial charge in [-0.15, -0.1) is 0 Å². The molecule has 0 saturated heterocycles. The maximum atomic E-state index is 12.6. The zero-order chi connectivity index (χ0) is 20.2.